The van der Waals surface area contributed by atoms with E-state index in [1.165, 1.54) is 16.7 Å². The molecular weight excluding hydrogens is 504 g/mol. The molecule has 1 unspecified atom stereocenters. The van der Waals surface area contributed by atoms with Crippen molar-refractivity contribution in [1.82, 2.24) is 0 Å². The highest BCUT2D eigenvalue weighted by atomic mass is 16.5. The molecule has 0 saturated carbocycles. The molecule has 1 atom stereocenters. The molecule has 0 saturated heterocycles. The molecule has 3 rings (SSSR count). The molecule has 220 valence electrons. The number of hydrogen-bond acceptors (Lipinski definition) is 3. The van der Waals surface area contributed by atoms with Crippen LogP contribution in [0.25, 0.3) is 0 Å². The summed E-state index contributed by atoms with van der Waals surface area (Å²) in [6.45, 7) is 22.2. The van der Waals surface area contributed by atoms with Crippen molar-refractivity contribution in [3.8, 4) is 17.2 Å². The van der Waals surface area contributed by atoms with Gasteiger partial charge >= 0.3 is 0 Å². The standard InChI is InChI=1S/C38H50O3/c1-11-33(41-38(8,9)10)18-12-27(2)29(4)32-17-23-36(28(3)24-32)39-26-31-15-21-35(22-16-31)40-34-19-13-30(14-20-34)25-37(5,6)7/h12-24,29H,11,25-26H2,1-10H3/b27-12+,33-18+. The van der Waals surface area contributed by atoms with Gasteiger partial charge in [0.2, 0.25) is 0 Å². The Labute approximate surface area is 249 Å². The van der Waals surface area contributed by atoms with E-state index in [1.54, 1.807) is 0 Å². The predicted molar refractivity (Wildman–Crippen MR) is 173 cm³/mol. The highest BCUT2D eigenvalue weighted by molar-refractivity contribution is 5.41. The second-order valence-electron chi connectivity index (χ2n) is 13.3. The van der Waals surface area contributed by atoms with E-state index >= 15 is 0 Å². The van der Waals surface area contributed by atoms with Crippen LogP contribution in [-0.2, 0) is 17.8 Å². The Morgan fingerprint density at radius 1 is 0.805 bits per heavy atom. The third-order valence-corrected chi connectivity index (χ3v) is 6.91. The van der Waals surface area contributed by atoms with E-state index in [0.717, 1.165) is 47.0 Å². The number of hydrogen-bond donors (Lipinski definition) is 0. The van der Waals surface area contributed by atoms with E-state index < -0.39 is 0 Å². The fraction of sp³-hybridized carbons (Fsp3) is 0.421. The maximum absolute atomic E-state index is 6.19. The normalized spacial score (nSPS) is 13.6. The van der Waals surface area contributed by atoms with Crippen molar-refractivity contribution in [1.29, 1.82) is 0 Å². The molecule has 0 aromatic heterocycles. The fourth-order valence-electron chi connectivity index (χ4n) is 4.59. The Balaban J connectivity index is 1.57. The first-order valence-electron chi connectivity index (χ1n) is 14.9. The van der Waals surface area contributed by atoms with Crippen molar-refractivity contribution in [3.63, 3.8) is 0 Å². The summed E-state index contributed by atoms with van der Waals surface area (Å²) in [5.41, 5.74) is 6.23. The van der Waals surface area contributed by atoms with E-state index in [-0.39, 0.29) is 11.0 Å². The summed E-state index contributed by atoms with van der Waals surface area (Å²) in [6.07, 6.45) is 6.22. The van der Waals surface area contributed by atoms with Crippen molar-refractivity contribution in [3.05, 3.63) is 112 Å². The van der Waals surface area contributed by atoms with E-state index in [0.29, 0.717) is 12.5 Å². The van der Waals surface area contributed by atoms with Crippen LogP contribution in [-0.4, -0.2) is 5.60 Å². The van der Waals surface area contributed by atoms with Gasteiger partial charge in [0.15, 0.2) is 0 Å². The molecule has 0 spiro atoms. The average molecular weight is 555 g/mol. The van der Waals surface area contributed by atoms with Crippen molar-refractivity contribution < 1.29 is 14.2 Å². The second-order valence-corrected chi connectivity index (χ2v) is 13.3. The molecule has 0 bridgehead atoms. The zero-order valence-corrected chi connectivity index (χ0v) is 26.9. The number of aryl methyl sites for hydroxylation is 1. The predicted octanol–water partition coefficient (Wildman–Crippen LogP) is 11.1. The minimum absolute atomic E-state index is 0.184. The van der Waals surface area contributed by atoms with Crippen LogP contribution < -0.4 is 9.47 Å². The molecule has 3 aromatic rings. The van der Waals surface area contributed by atoms with Gasteiger partial charge in [-0.25, -0.2) is 0 Å². The minimum Gasteiger partial charge on any atom is -0.493 e. The number of benzene rings is 3. The Morgan fingerprint density at radius 3 is 1.90 bits per heavy atom. The molecule has 0 heterocycles. The molecule has 3 aromatic carbocycles. The van der Waals surface area contributed by atoms with Crippen LogP contribution in [0.15, 0.2) is 90.2 Å². The molecule has 41 heavy (non-hydrogen) atoms. The summed E-state index contributed by atoms with van der Waals surface area (Å²) in [5.74, 6) is 3.88. The summed E-state index contributed by atoms with van der Waals surface area (Å²) >= 11 is 0. The molecule has 3 heteroatoms. The fourth-order valence-corrected chi connectivity index (χ4v) is 4.59. The van der Waals surface area contributed by atoms with E-state index in [4.69, 9.17) is 14.2 Å². The number of rotatable bonds is 11. The van der Waals surface area contributed by atoms with Gasteiger partial charge in [-0.15, -0.1) is 0 Å². The van der Waals surface area contributed by atoms with Crippen LogP contribution >= 0.6 is 0 Å². The lowest BCUT2D eigenvalue weighted by molar-refractivity contribution is 0.0481. The van der Waals surface area contributed by atoms with Gasteiger partial charge in [-0.3, -0.25) is 0 Å². The average Bonchev–Trinajstić information content (AvgIpc) is 2.90. The van der Waals surface area contributed by atoms with Gasteiger partial charge < -0.3 is 14.2 Å². The van der Waals surface area contributed by atoms with Crippen LogP contribution in [0.4, 0.5) is 0 Å². The van der Waals surface area contributed by atoms with Crippen LogP contribution in [0.3, 0.4) is 0 Å². The van der Waals surface area contributed by atoms with Gasteiger partial charge in [0.05, 0.1) is 5.76 Å². The second kappa shape index (κ2) is 13.9. The molecule has 0 fully saturated rings. The van der Waals surface area contributed by atoms with Gasteiger partial charge in [0.1, 0.15) is 29.5 Å². The van der Waals surface area contributed by atoms with Crippen LogP contribution in [0.2, 0.25) is 0 Å². The zero-order valence-electron chi connectivity index (χ0n) is 26.9. The maximum Gasteiger partial charge on any atom is 0.127 e. The lowest BCUT2D eigenvalue weighted by atomic mass is 9.88. The highest BCUT2D eigenvalue weighted by Gasteiger charge is 2.14. The number of allylic oxidation sites excluding steroid dienone is 4. The summed E-state index contributed by atoms with van der Waals surface area (Å²) in [5, 5.41) is 0. The SMILES string of the molecule is CC/C(=C\C=C(/C)C(C)c1ccc(OCc2ccc(Oc3ccc(CC(C)(C)C)cc3)cc2)c(C)c1)OC(C)(C)C. The first-order valence-corrected chi connectivity index (χ1v) is 14.9. The van der Waals surface area contributed by atoms with Crippen molar-refractivity contribution >= 4 is 0 Å². The molecular formula is C38H50O3. The first-order chi connectivity index (χ1) is 19.2. The Kier molecular flexibility index (Phi) is 10.9. The third-order valence-electron chi connectivity index (χ3n) is 6.91. The molecule has 0 aliphatic heterocycles. The molecule has 3 nitrogen and oxygen atoms in total. The summed E-state index contributed by atoms with van der Waals surface area (Å²) < 4.78 is 18.3. The minimum atomic E-state index is -0.184. The summed E-state index contributed by atoms with van der Waals surface area (Å²) in [4.78, 5) is 0. The van der Waals surface area contributed by atoms with Crippen LogP contribution in [0.1, 0.15) is 96.9 Å². The Hall–Kier alpha value is -3.46. The molecule has 0 amide bonds. The molecule has 0 aliphatic rings. The van der Waals surface area contributed by atoms with Gasteiger partial charge in [0.25, 0.3) is 0 Å². The highest BCUT2D eigenvalue weighted by Crippen LogP contribution is 2.30. The van der Waals surface area contributed by atoms with E-state index in [9.17, 15) is 0 Å². The van der Waals surface area contributed by atoms with Gasteiger partial charge in [0, 0.05) is 12.3 Å². The molecule has 0 radical (unpaired) electrons. The monoisotopic (exact) mass is 554 g/mol. The van der Waals surface area contributed by atoms with E-state index in [2.05, 4.69) is 124 Å². The summed E-state index contributed by atoms with van der Waals surface area (Å²) in [6, 6.07) is 23.0. The lowest BCUT2D eigenvalue weighted by Gasteiger charge is -2.23. The topological polar surface area (TPSA) is 27.7 Å². The smallest absolute Gasteiger partial charge is 0.127 e. The largest absolute Gasteiger partial charge is 0.493 e. The molecule has 0 aliphatic carbocycles. The Morgan fingerprint density at radius 2 is 1.39 bits per heavy atom. The Bertz CT molecular complexity index is 1310. The van der Waals surface area contributed by atoms with Crippen LogP contribution in [0, 0.1) is 12.3 Å². The maximum atomic E-state index is 6.19. The summed E-state index contributed by atoms with van der Waals surface area (Å²) in [7, 11) is 0. The van der Waals surface area contributed by atoms with E-state index in [1.807, 2.05) is 24.3 Å². The lowest BCUT2D eigenvalue weighted by Crippen LogP contribution is -2.18. The van der Waals surface area contributed by atoms with Crippen molar-refractivity contribution in [2.24, 2.45) is 5.41 Å². The first kappa shape index (κ1) is 32.1. The van der Waals surface area contributed by atoms with Gasteiger partial charge in [-0.05, 0) is 105 Å². The zero-order chi connectivity index (χ0) is 30.2. The van der Waals surface area contributed by atoms with Gasteiger partial charge in [-0.1, -0.05) is 82.7 Å². The van der Waals surface area contributed by atoms with Gasteiger partial charge in [-0.2, -0.15) is 0 Å². The molecule has 0 N–H and O–H groups in total. The number of ether oxygens (including phenoxy) is 3. The third kappa shape index (κ3) is 10.8. The van der Waals surface area contributed by atoms with Crippen molar-refractivity contribution in [2.45, 2.75) is 100 Å². The quantitative estimate of drug-likeness (QED) is 0.174. The van der Waals surface area contributed by atoms with Crippen LogP contribution in [0.5, 0.6) is 17.2 Å². The van der Waals surface area contributed by atoms with Crippen molar-refractivity contribution in [2.75, 3.05) is 0 Å².